The topological polar surface area (TPSA) is 73.7 Å². The van der Waals surface area contributed by atoms with Gasteiger partial charge in [-0.15, -0.1) is 0 Å². The molecule has 3 aromatic rings. The molecule has 3 heterocycles. The van der Waals surface area contributed by atoms with E-state index >= 15 is 0 Å². The van der Waals surface area contributed by atoms with Crippen LogP contribution in [0.4, 0.5) is 0 Å². The van der Waals surface area contributed by atoms with Crippen molar-refractivity contribution in [3.63, 3.8) is 0 Å². The van der Waals surface area contributed by atoms with Crippen molar-refractivity contribution in [1.29, 1.82) is 0 Å². The van der Waals surface area contributed by atoms with Crippen LogP contribution in [-0.4, -0.2) is 40.1 Å². The minimum Gasteiger partial charge on any atom is -0.486 e. The Balaban J connectivity index is 1.40. The van der Waals surface area contributed by atoms with Gasteiger partial charge in [-0.1, -0.05) is 18.2 Å². The van der Waals surface area contributed by atoms with Gasteiger partial charge in [-0.05, 0) is 49.1 Å². The van der Waals surface area contributed by atoms with Gasteiger partial charge >= 0.3 is 0 Å². The minimum absolute atomic E-state index is 0.0171. The van der Waals surface area contributed by atoms with E-state index in [0.29, 0.717) is 30.7 Å². The molecule has 0 spiro atoms. The van der Waals surface area contributed by atoms with E-state index in [-0.39, 0.29) is 24.1 Å². The Morgan fingerprint density at radius 2 is 2.00 bits per heavy atom. The van der Waals surface area contributed by atoms with Crippen LogP contribution in [0.2, 0.25) is 0 Å². The zero-order chi connectivity index (χ0) is 20.7. The third-order valence-electron chi connectivity index (χ3n) is 5.89. The number of hydrogen-bond donors (Lipinski definition) is 0. The summed E-state index contributed by atoms with van der Waals surface area (Å²) in [7, 11) is 0. The number of rotatable bonds is 3. The molecule has 1 amide bonds. The Bertz CT molecular complexity index is 1190. The highest BCUT2D eigenvalue weighted by Crippen LogP contribution is 2.38. The molecule has 1 atom stereocenters. The summed E-state index contributed by atoms with van der Waals surface area (Å²) in [4.78, 5) is 32.3. The first-order chi connectivity index (χ1) is 14.6. The third kappa shape index (κ3) is 3.20. The maximum atomic E-state index is 13.1. The van der Waals surface area contributed by atoms with Crippen LogP contribution in [0.25, 0.3) is 10.9 Å². The Morgan fingerprint density at radius 3 is 2.87 bits per heavy atom. The lowest BCUT2D eigenvalue weighted by atomic mass is 10.0. The Hall–Kier alpha value is -3.35. The minimum atomic E-state index is -0.188. The van der Waals surface area contributed by atoms with Crippen molar-refractivity contribution in [2.45, 2.75) is 32.4 Å². The molecule has 154 valence electrons. The highest BCUT2D eigenvalue weighted by atomic mass is 16.6. The number of likely N-dealkylation sites (tertiary alicyclic amines) is 1. The summed E-state index contributed by atoms with van der Waals surface area (Å²) in [5, 5.41) is 0.537. The molecular weight excluding hydrogens is 382 g/mol. The van der Waals surface area contributed by atoms with Crippen LogP contribution in [0.15, 0.2) is 47.5 Å². The molecule has 1 saturated heterocycles. The van der Waals surface area contributed by atoms with Crippen molar-refractivity contribution in [1.82, 2.24) is 14.5 Å². The quantitative estimate of drug-likeness (QED) is 0.670. The van der Waals surface area contributed by atoms with Crippen LogP contribution in [0, 0.1) is 6.92 Å². The molecule has 1 unspecified atom stereocenters. The van der Waals surface area contributed by atoms with E-state index in [0.717, 1.165) is 35.5 Å². The van der Waals surface area contributed by atoms with Crippen LogP contribution in [0.5, 0.6) is 11.5 Å². The molecule has 1 aromatic heterocycles. The maximum absolute atomic E-state index is 13.1. The molecule has 7 heteroatoms. The standard InChI is InChI=1S/C23H23N3O4/c1-15-4-2-5-17-22(15)24-14-25(23(17)28)13-21(27)26-9-3-6-18(26)16-7-8-19-20(12-16)30-11-10-29-19/h2,4-5,7-8,12,14,18H,3,6,9-11,13H2,1H3. The van der Waals surface area contributed by atoms with Gasteiger partial charge in [0.05, 0.1) is 23.3 Å². The van der Waals surface area contributed by atoms with Crippen LogP contribution >= 0.6 is 0 Å². The highest BCUT2D eigenvalue weighted by Gasteiger charge is 2.31. The van der Waals surface area contributed by atoms with Gasteiger partial charge in [0.15, 0.2) is 11.5 Å². The average Bonchev–Trinajstić information content (AvgIpc) is 3.26. The summed E-state index contributed by atoms with van der Waals surface area (Å²) in [6, 6.07) is 11.4. The number of benzene rings is 2. The average molecular weight is 405 g/mol. The fraction of sp³-hybridized carbons (Fsp3) is 0.348. The second kappa shape index (κ2) is 7.48. The van der Waals surface area contributed by atoms with Crippen molar-refractivity contribution in [2.24, 2.45) is 0 Å². The summed E-state index contributed by atoms with van der Waals surface area (Å²) in [6.07, 6.45) is 3.29. The summed E-state index contributed by atoms with van der Waals surface area (Å²) in [5.74, 6) is 1.39. The lowest BCUT2D eigenvalue weighted by molar-refractivity contribution is -0.132. The lowest BCUT2D eigenvalue weighted by Crippen LogP contribution is -2.36. The number of carbonyl (C=O) groups is 1. The second-order valence-electron chi connectivity index (χ2n) is 7.80. The molecule has 2 aliphatic heterocycles. The molecule has 7 nitrogen and oxygen atoms in total. The van der Waals surface area contributed by atoms with Gasteiger partial charge < -0.3 is 14.4 Å². The van der Waals surface area contributed by atoms with Crippen molar-refractivity contribution in [3.8, 4) is 11.5 Å². The molecule has 30 heavy (non-hydrogen) atoms. The van der Waals surface area contributed by atoms with Crippen molar-refractivity contribution in [3.05, 3.63) is 64.2 Å². The zero-order valence-corrected chi connectivity index (χ0v) is 16.8. The molecule has 0 N–H and O–H groups in total. The summed E-state index contributed by atoms with van der Waals surface area (Å²) in [5.41, 5.74) is 2.47. The van der Waals surface area contributed by atoms with E-state index in [1.54, 1.807) is 6.07 Å². The van der Waals surface area contributed by atoms with Crippen molar-refractivity contribution in [2.75, 3.05) is 19.8 Å². The van der Waals surface area contributed by atoms with Gasteiger partial charge in [-0.2, -0.15) is 0 Å². The number of ether oxygens (including phenoxy) is 2. The van der Waals surface area contributed by atoms with Crippen molar-refractivity contribution >= 4 is 16.8 Å². The first kappa shape index (κ1) is 18.7. The van der Waals surface area contributed by atoms with Gasteiger partial charge in [0.2, 0.25) is 5.91 Å². The smallest absolute Gasteiger partial charge is 0.261 e. The first-order valence-electron chi connectivity index (χ1n) is 10.3. The fourth-order valence-corrected chi connectivity index (χ4v) is 4.37. The van der Waals surface area contributed by atoms with E-state index in [1.165, 1.54) is 10.9 Å². The lowest BCUT2D eigenvalue weighted by Gasteiger charge is -2.27. The Morgan fingerprint density at radius 1 is 1.17 bits per heavy atom. The molecule has 0 radical (unpaired) electrons. The zero-order valence-electron chi connectivity index (χ0n) is 16.8. The molecule has 1 fully saturated rings. The van der Waals surface area contributed by atoms with Gasteiger partial charge in [-0.25, -0.2) is 4.98 Å². The Labute approximate surface area is 173 Å². The highest BCUT2D eigenvalue weighted by molar-refractivity contribution is 5.81. The number of amides is 1. The summed E-state index contributed by atoms with van der Waals surface area (Å²) < 4.78 is 12.7. The van der Waals surface area contributed by atoms with Crippen LogP contribution in [0.3, 0.4) is 0 Å². The van der Waals surface area contributed by atoms with E-state index < -0.39 is 0 Å². The van der Waals surface area contributed by atoms with E-state index in [9.17, 15) is 9.59 Å². The summed E-state index contributed by atoms with van der Waals surface area (Å²) in [6.45, 7) is 3.66. The number of fused-ring (bicyclic) bond motifs is 2. The normalized spacial score (nSPS) is 18.0. The van der Waals surface area contributed by atoms with Crippen LogP contribution < -0.4 is 15.0 Å². The monoisotopic (exact) mass is 405 g/mol. The molecule has 0 saturated carbocycles. The van der Waals surface area contributed by atoms with Gasteiger partial charge in [0.25, 0.3) is 5.56 Å². The maximum Gasteiger partial charge on any atom is 0.261 e. The number of nitrogens with zero attached hydrogens (tertiary/aromatic N) is 3. The van der Waals surface area contributed by atoms with Crippen molar-refractivity contribution < 1.29 is 14.3 Å². The third-order valence-corrected chi connectivity index (χ3v) is 5.89. The van der Waals surface area contributed by atoms with Gasteiger partial charge in [0, 0.05) is 6.54 Å². The van der Waals surface area contributed by atoms with E-state index in [1.807, 2.05) is 42.2 Å². The first-order valence-corrected chi connectivity index (χ1v) is 10.3. The van der Waals surface area contributed by atoms with Gasteiger partial charge in [0.1, 0.15) is 19.8 Å². The van der Waals surface area contributed by atoms with Crippen LogP contribution in [0.1, 0.15) is 30.0 Å². The predicted molar refractivity (Wildman–Crippen MR) is 112 cm³/mol. The number of hydrogen-bond acceptors (Lipinski definition) is 5. The van der Waals surface area contributed by atoms with Crippen LogP contribution in [-0.2, 0) is 11.3 Å². The molecule has 0 bridgehead atoms. The predicted octanol–water partition coefficient (Wildman–Crippen LogP) is 2.84. The second-order valence-corrected chi connectivity index (χ2v) is 7.80. The number of aromatic nitrogens is 2. The molecule has 2 aliphatic rings. The van der Waals surface area contributed by atoms with E-state index in [2.05, 4.69) is 4.98 Å². The van der Waals surface area contributed by atoms with E-state index in [4.69, 9.17) is 9.47 Å². The number of aryl methyl sites for hydroxylation is 1. The number of carbonyl (C=O) groups excluding carboxylic acids is 1. The van der Waals surface area contributed by atoms with Gasteiger partial charge in [-0.3, -0.25) is 14.2 Å². The molecule has 5 rings (SSSR count). The summed E-state index contributed by atoms with van der Waals surface area (Å²) >= 11 is 0. The molecular formula is C23H23N3O4. The SMILES string of the molecule is Cc1cccc2c(=O)n(CC(=O)N3CCCC3c3ccc4c(c3)OCCO4)cnc12. The fourth-order valence-electron chi connectivity index (χ4n) is 4.37. The molecule has 0 aliphatic carbocycles. The molecule has 2 aromatic carbocycles. The number of para-hydroxylation sites is 1. The largest absolute Gasteiger partial charge is 0.486 e. The Kier molecular flexibility index (Phi) is 4.65.